The van der Waals surface area contributed by atoms with Crippen molar-refractivity contribution >= 4 is 17.5 Å². The molecular formula is C16H14N2O4. The standard InChI is InChI=1S/C16H14N2O4/c17-16(20)11-3-1-2-4-12(11)18-15(19)8-10-5-6-13-14(7-10)22-9-21-13/h1-7H,8-9H2,(H2,17,20)(H,18,19). The zero-order valence-electron chi connectivity index (χ0n) is 11.7. The number of primary amides is 1. The predicted octanol–water partition coefficient (Wildman–Crippen LogP) is 1.70. The van der Waals surface area contributed by atoms with Gasteiger partial charge < -0.3 is 20.5 Å². The average molecular weight is 298 g/mol. The van der Waals surface area contributed by atoms with Crippen LogP contribution >= 0.6 is 0 Å². The molecule has 0 saturated carbocycles. The molecule has 1 aliphatic rings. The molecule has 0 saturated heterocycles. The van der Waals surface area contributed by atoms with Crippen LogP contribution in [0.5, 0.6) is 11.5 Å². The fourth-order valence-corrected chi connectivity index (χ4v) is 2.24. The largest absolute Gasteiger partial charge is 0.454 e. The Morgan fingerprint density at radius 1 is 1.09 bits per heavy atom. The van der Waals surface area contributed by atoms with Crippen molar-refractivity contribution in [3.05, 3.63) is 53.6 Å². The highest BCUT2D eigenvalue weighted by atomic mass is 16.7. The Labute approximate surface area is 126 Å². The minimum atomic E-state index is -0.584. The van der Waals surface area contributed by atoms with Gasteiger partial charge in [-0.15, -0.1) is 0 Å². The second kappa shape index (κ2) is 5.77. The van der Waals surface area contributed by atoms with Gasteiger partial charge in [-0.25, -0.2) is 0 Å². The third kappa shape index (κ3) is 2.85. The Hall–Kier alpha value is -3.02. The number of benzene rings is 2. The van der Waals surface area contributed by atoms with Crippen molar-refractivity contribution in [2.24, 2.45) is 5.73 Å². The highest BCUT2D eigenvalue weighted by Crippen LogP contribution is 2.32. The molecule has 0 radical (unpaired) electrons. The molecule has 1 heterocycles. The zero-order chi connectivity index (χ0) is 15.5. The molecule has 1 aliphatic heterocycles. The second-order valence-corrected chi connectivity index (χ2v) is 4.82. The Morgan fingerprint density at radius 2 is 1.86 bits per heavy atom. The monoisotopic (exact) mass is 298 g/mol. The molecule has 6 nitrogen and oxygen atoms in total. The van der Waals surface area contributed by atoms with Crippen molar-refractivity contribution in [1.29, 1.82) is 0 Å². The number of ether oxygens (including phenoxy) is 2. The van der Waals surface area contributed by atoms with E-state index in [1.54, 1.807) is 42.5 Å². The van der Waals surface area contributed by atoms with Crippen LogP contribution in [0.4, 0.5) is 5.69 Å². The lowest BCUT2D eigenvalue weighted by Crippen LogP contribution is -2.19. The molecule has 2 aromatic rings. The first-order chi connectivity index (χ1) is 10.6. The Balaban J connectivity index is 1.72. The molecule has 6 heteroatoms. The first-order valence-corrected chi connectivity index (χ1v) is 6.71. The molecule has 112 valence electrons. The molecular weight excluding hydrogens is 284 g/mol. The third-order valence-electron chi connectivity index (χ3n) is 3.27. The summed E-state index contributed by atoms with van der Waals surface area (Å²) in [7, 11) is 0. The number of carbonyl (C=O) groups excluding carboxylic acids is 2. The second-order valence-electron chi connectivity index (χ2n) is 4.82. The van der Waals surface area contributed by atoms with Crippen molar-refractivity contribution in [1.82, 2.24) is 0 Å². The number of fused-ring (bicyclic) bond motifs is 1. The highest BCUT2D eigenvalue weighted by Gasteiger charge is 2.15. The molecule has 3 N–H and O–H groups in total. The van der Waals surface area contributed by atoms with E-state index in [1.807, 2.05) is 0 Å². The molecule has 2 amide bonds. The summed E-state index contributed by atoms with van der Waals surface area (Å²) in [6.07, 6.45) is 0.156. The van der Waals surface area contributed by atoms with Crippen molar-refractivity contribution in [2.75, 3.05) is 12.1 Å². The van der Waals surface area contributed by atoms with E-state index in [0.29, 0.717) is 17.2 Å². The van der Waals surface area contributed by atoms with E-state index in [0.717, 1.165) is 5.56 Å². The number of amides is 2. The molecule has 0 aliphatic carbocycles. The van der Waals surface area contributed by atoms with E-state index in [2.05, 4.69) is 5.32 Å². The SMILES string of the molecule is NC(=O)c1ccccc1NC(=O)Cc1ccc2c(c1)OCO2. The topological polar surface area (TPSA) is 90.7 Å². The smallest absolute Gasteiger partial charge is 0.250 e. The van der Waals surface area contributed by atoms with Gasteiger partial charge in [-0.3, -0.25) is 9.59 Å². The molecule has 22 heavy (non-hydrogen) atoms. The van der Waals surface area contributed by atoms with Gasteiger partial charge in [-0.2, -0.15) is 0 Å². The Morgan fingerprint density at radius 3 is 2.68 bits per heavy atom. The highest BCUT2D eigenvalue weighted by molar-refractivity contribution is 6.03. The van der Waals surface area contributed by atoms with Gasteiger partial charge in [0.15, 0.2) is 11.5 Å². The number of hydrogen-bond donors (Lipinski definition) is 2. The summed E-state index contributed by atoms with van der Waals surface area (Å²) in [6, 6.07) is 11.9. The van der Waals surface area contributed by atoms with Crippen LogP contribution in [0.1, 0.15) is 15.9 Å². The van der Waals surface area contributed by atoms with E-state index in [4.69, 9.17) is 15.2 Å². The summed E-state index contributed by atoms with van der Waals surface area (Å²) >= 11 is 0. The molecule has 0 unspecified atom stereocenters. The van der Waals surface area contributed by atoms with E-state index in [9.17, 15) is 9.59 Å². The maximum atomic E-state index is 12.1. The van der Waals surface area contributed by atoms with Gasteiger partial charge >= 0.3 is 0 Å². The molecule has 2 aromatic carbocycles. The normalized spacial score (nSPS) is 12.0. The fourth-order valence-electron chi connectivity index (χ4n) is 2.24. The van der Waals surface area contributed by atoms with Gasteiger partial charge in [0.25, 0.3) is 5.91 Å². The van der Waals surface area contributed by atoms with E-state index < -0.39 is 5.91 Å². The minimum Gasteiger partial charge on any atom is -0.454 e. The van der Waals surface area contributed by atoms with Gasteiger partial charge in [0.1, 0.15) is 0 Å². The van der Waals surface area contributed by atoms with Crippen LogP contribution in [0.3, 0.4) is 0 Å². The van der Waals surface area contributed by atoms with Gasteiger partial charge in [0.05, 0.1) is 17.7 Å². The maximum Gasteiger partial charge on any atom is 0.250 e. The number of hydrogen-bond acceptors (Lipinski definition) is 4. The molecule has 0 bridgehead atoms. The van der Waals surface area contributed by atoms with E-state index >= 15 is 0 Å². The molecule has 0 aromatic heterocycles. The average Bonchev–Trinajstić information content (AvgIpc) is 2.95. The predicted molar refractivity (Wildman–Crippen MR) is 79.9 cm³/mol. The van der Waals surface area contributed by atoms with Gasteiger partial charge in [0, 0.05) is 0 Å². The first kappa shape index (κ1) is 13.9. The van der Waals surface area contributed by atoms with Crippen LogP contribution in [0.2, 0.25) is 0 Å². The number of para-hydroxylation sites is 1. The van der Waals surface area contributed by atoms with Crippen molar-refractivity contribution in [2.45, 2.75) is 6.42 Å². The molecule has 0 atom stereocenters. The minimum absolute atomic E-state index is 0.156. The fraction of sp³-hybridized carbons (Fsp3) is 0.125. The van der Waals surface area contributed by atoms with Gasteiger partial charge in [-0.1, -0.05) is 18.2 Å². The van der Waals surface area contributed by atoms with E-state index in [-0.39, 0.29) is 24.7 Å². The van der Waals surface area contributed by atoms with Gasteiger partial charge in [0.2, 0.25) is 12.7 Å². The maximum absolute atomic E-state index is 12.1. The van der Waals surface area contributed by atoms with Crippen molar-refractivity contribution in [3.8, 4) is 11.5 Å². The first-order valence-electron chi connectivity index (χ1n) is 6.71. The van der Waals surface area contributed by atoms with Crippen LogP contribution in [0.15, 0.2) is 42.5 Å². The summed E-state index contributed by atoms with van der Waals surface area (Å²) in [4.78, 5) is 23.5. The molecule has 0 spiro atoms. The summed E-state index contributed by atoms with van der Waals surface area (Å²) < 4.78 is 10.5. The van der Waals surface area contributed by atoms with Crippen molar-refractivity contribution in [3.63, 3.8) is 0 Å². The lowest BCUT2D eigenvalue weighted by atomic mass is 10.1. The number of rotatable bonds is 4. The number of anilines is 1. The molecule has 3 rings (SSSR count). The van der Waals surface area contributed by atoms with Gasteiger partial charge in [-0.05, 0) is 29.8 Å². The van der Waals surface area contributed by atoms with Crippen LogP contribution in [-0.2, 0) is 11.2 Å². The van der Waals surface area contributed by atoms with E-state index in [1.165, 1.54) is 0 Å². The molecule has 0 fully saturated rings. The van der Waals surface area contributed by atoms with Crippen LogP contribution < -0.4 is 20.5 Å². The summed E-state index contributed by atoms with van der Waals surface area (Å²) in [5.74, 6) is 0.470. The number of nitrogens with one attached hydrogen (secondary N) is 1. The lowest BCUT2D eigenvalue weighted by molar-refractivity contribution is -0.115. The Bertz CT molecular complexity index is 743. The summed E-state index contributed by atoms with van der Waals surface area (Å²) in [5.41, 5.74) is 6.76. The lowest BCUT2D eigenvalue weighted by Gasteiger charge is -2.09. The summed E-state index contributed by atoms with van der Waals surface area (Å²) in [5, 5.41) is 2.70. The van der Waals surface area contributed by atoms with Crippen molar-refractivity contribution < 1.29 is 19.1 Å². The number of nitrogens with two attached hydrogens (primary N) is 1. The third-order valence-corrected chi connectivity index (χ3v) is 3.27. The quantitative estimate of drug-likeness (QED) is 0.898. The summed E-state index contributed by atoms with van der Waals surface area (Å²) in [6.45, 7) is 0.191. The Kier molecular flexibility index (Phi) is 3.65. The van der Waals surface area contributed by atoms with Crippen LogP contribution in [-0.4, -0.2) is 18.6 Å². The number of carbonyl (C=O) groups is 2. The zero-order valence-corrected chi connectivity index (χ0v) is 11.7. The van der Waals surface area contributed by atoms with Crippen LogP contribution in [0.25, 0.3) is 0 Å². The van der Waals surface area contributed by atoms with Crippen LogP contribution in [0, 0.1) is 0 Å².